The first-order valence-electron chi connectivity index (χ1n) is 7.08. The quantitative estimate of drug-likeness (QED) is 0.786. The number of hydrogen-bond acceptors (Lipinski definition) is 3. The van der Waals surface area contributed by atoms with Crippen LogP contribution >= 0.6 is 0 Å². The molecule has 0 spiro atoms. The van der Waals surface area contributed by atoms with Crippen LogP contribution in [0.5, 0.6) is 5.75 Å². The Morgan fingerprint density at radius 2 is 1.77 bits per heavy atom. The third-order valence-electron chi connectivity index (χ3n) is 3.33. The van der Waals surface area contributed by atoms with Crippen LogP contribution in [-0.4, -0.2) is 17.5 Å². The molecule has 1 heterocycles. The Morgan fingerprint density at radius 3 is 2.59 bits per heavy atom. The van der Waals surface area contributed by atoms with Gasteiger partial charge < -0.3 is 10.1 Å². The van der Waals surface area contributed by atoms with E-state index in [1.165, 1.54) is 0 Å². The standard InChI is InChI=1S/C18H16N2O2/c21-18(20-12-14-7-9-19-10-8-14)13-22-17-6-5-15-3-1-2-4-16(15)11-17/h1-11H,12-13H2,(H,20,21). The Morgan fingerprint density at radius 1 is 1.00 bits per heavy atom. The fraction of sp³-hybridized carbons (Fsp3) is 0.111. The molecule has 0 aliphatic carbocycles. The summed E-state index contributed by atoms with van der Waals surface area (Å²) < 4.78 is 5.54. The summed E-state index contributed by atoms with van der Waals surface area (Å²) in [5.41, 5.74) is 1.01. The summed E-state index contributed by atoms with van der Waals surface area (Å²) in [4.78, 5) is 15.7. The van der Waals surface area contributed by atoms with Gasteiger partial charge in [0.1, 0.15) is 5.75 Å². The average molecular weight is 292 g/mol. The van der Waals surface area contributed by atoms with E-state index in [9.17, 15) is 4.79 Å². The number of rotatable bonds is 5. The summed E-state index contributed by atoms with van der Waals surface area (Å²) in [5.74, 6) is 0.544. The van der Waals surface area contributed by atoms with Crippen molar-refractivity contribution in [1.29, 1.82) is 0 Å². The van der Waals surface area contributed by atoms with E-state index in [1.54, 1.807) is 12.4 Å². The zero-order chi connectivity index (χ0) is 15.2. The SMILES string of the molecule is O=C(COc1ccc2ccccc2c1)NCc1ccncc1. The molecular formula is C18H16N2O2. The van der Waals surface area contributed by atoms with Crippen LogP contribution in [0.3, 0.4) is 0 Å². The van der Waals surface area contributed by atoms with E-state index in [4.69, 9.17) is 4.74 Å². The number of carbonyl (C=O) groups excluding carboxylic acids is 1. The van der Waals surface area contributed by atoms with Crippen molar-refractivity contribution in [2.24, 2.45) is 0 Å². The average Bonchev–Trinajstić information content (AvgIpc) is 2.59. The van der Waals surface area contributed by atoms with Crippen LogP contribution in [0.1, 0.15) is 5.56 Å². The summed E-state index contributed by atoms with van der Waals surface area (Å²) >= 11 is 0. The maximum absolute atomic E-state index is 11.8. The number of amides is 1. The van der Waals surface area contributed by atoms with Gasteiger partial charge in [-0.25, -0.2) is 0 Å². The van der Waals surface area contributed by atoms with E-state index in [-0.39, 0.29) is 12.5 Å². The molecular weight excluding hydrogens is 276 g/mol. The van der Waals surface area contributed by atoms with Crippen molar-refractivity contribution < 1.29 is 9.53 Å². The summed E-state index contributed by atoms with van der Waals surface area (Å²) in [6, 6.07) is 17.6. The first kappa shape index (κ1) is 14.1. The number of nitrogens with zero attached hydrogens (tertiary/aromatic N) is 1. The molecule has 0 saturated heterocycles. The van der Waals surface area contributed by atoms with Crippen LogP contribution in [-0.2, 0) is 11.3 Å². The molecule has 1 N–H and O–H groups in total. The number of ether oxygens (including phenoxy) is 1. The van der Waals surface area contributed by atoms with E-state index in [0.29, 0.717) is 12.3 Å². The van der Waals surface area contributed by atoms with Crippen molar-refractivity contribution in [3.05, 3.63) is 72.6 Å². The lowest BCUT2D eigenvalue weighted by Crippen LogP contribution is -2.28. The van der Waals surface area contributed by atoms with Crippen molar-refractivity contribution in [3.8, 4) is 5.75 Å². The zero-order valence-corrected chi connectivity index (χ0v) is 12.0. The predicted octanol–water partition coefficient (Wildman–Crippen LogP) is 2.93. The minimum absolute atomic E-state index is 0.00340. The Labute approximate surface area is 128 Å². The second-order valence-electron chi connectivity index (χ2n) is 4.93. The van der Waals surface area contributed by atoms with E-state index in [0.717, 1.165) is 16.3 Å². The van der Waals surface area contributed by atoms with Gasteiger partial charge in [0.15, 0.2) is 6.61 Å². The summed E-state index contributed by atoms with van der Waals surface area (Å²) in [6.07, 6.45) is 3.40. The van der Waals surface area contributed by atoms with Gasteiger partial charge in [0.25, 0.3) is 5.91 Å². The largest absolute Gasteiger partial charge is 0.484 e. The fourth-order valence-electron chi connectivity index (χ4n) is 2.16. The second-order valence-corrected chi connectivity index (χ2v) is 4.93. The Bertz CT molecular complexity index is 772. The van der Waals surface area contributed by atoms with Gasteiger partial charge in [-0.3, -0.25) is 9.78 Å². The van der Waals surface area contributed by atoms with Gasteiger partial charge in [-0.2, -0.15) is 0 Å². The predicted molar refractivity (Wildman–Crippen MR) is 85.5 cm³/mol. The van der Waals surface area contributed by atoms with Gasteiger partial charge in [-0.05, 0) is 40.6 Å². The molecule has 0 fully saturated rings. The van der Waals surface area contributed by atoms with Crippen molar-refractivity contribution in [2.75, 3.05) is 6.61 Å². The first-order chi connectivity index (χ1) is 10.8. The number of benzene rings is 2. The van der Waals surface area contributed by atoms with Gasteiger partial charge in [-0.1, -0.05) is 30.3 Å². The zero-order valence-electron chi connectivity index (χ0n) is 12.0. The van der Waals surface area contributed by atoms with Crippen LogP contribution in [0.25, 0.3) is 10.8 Å². The van der Waals surface area contributed by atoms with Crippen LogP contribution in [0.15, 0.2) is 67.0 Å². The lowest BCUT2D eigenvalue weighted by Gasteiger charge is -2.08. The second kappa shape index (κ2) is 6.72. The van der Waals surface area contributed by atoms with Gasteiger partial charge >= 0.3 is 0 Å². The molecule has 4 heteroatoms. The monoisotopic (exact) mass is 292 g/mol. The number of hydrogen-bond donors (Lipinski definition) is 1. The molecule has 2 aromatic carbocycles. The van der Waals surface area contributed by atoms with Crippen LogP contribution in [0.2, 0.25) is 0 Å². The number of fused-ring (bicyclic) bond motifs is 1. The highest BCUT2D eigenvalue weighted by Crippen LogP contribution is 2.20. The van der Waals surface area contributed by atoms with E-state index >= 15 is 0 Å². The van der Waals surface area contributed by atoms with Crippen molar-refractivity contribution in [2.45, 2.75) is 6.54 Å². The Balaban J connectivity index is 1.53. The first-order valence-corrected chi connectivity index (χ1v) is 7.08. The molecule has 0 unspecified atom stereocenters. The smallest absolute Gasteiger partial charge is 0.258 e. The number of carbonyl (C=O) groups is 1. The molecule has 4 nitrogen and oxygen atoms in total. The lowest BCUT2D eigenvalue weighted by molar-refractivity contribution is -0.123. The molecule has 0 saturated carbocycles. The summed E-state index contributed by atoms with van der Waals surface area (Å²) in [7, 11) is 0. The van der Waals surface area contributed by atoms with Crippen LogP contribution < -0.4 is 10.1 Å². The molecule has 0 aliphatic heterocycles. The molecule has 110 valence electrons. The molecule has 1 aromatic heterocycles. The van der Waals surface area contributed by atoms with Crippen LogP contribution in [0, 0.1) is 0 Å². The van der Waals surface area contributed by atoms with Crippen molar-refractivity contribution in [3.63, 3.8) is 0 Å². The molecule has 0 aliphatic rings. The molecule has 0 atom stereocenters. The fourth-order valence-corrected chi connectivity index (χ4v) is 2.16. The topological polar surface area (TPSA) is 51.2 Å². The maximum atomic E-state index is 11.8. The van der Waals surface area contributed by atoms with Gasteiger partial charge in [-0.15, -0.1) is 0 Å². The Hall–Kier alpha value is -2.88. The third-order valence-corrected chi connectivity index (χ3v) is 3.33. The van der Waals surface area contributed by atoms with E-state index < -0.39 is 0 Å². The molecule has 3 rings (SSSR count). The van der Waals surface area contributed by atoms with Gasteiger partial charge in [0, 0.05) is 18.9 Å². The number of aromatic nitrogens is 1. The highest BCUT2D eigenvalue weighted by Gasteiger charge is 2.03. The summed E-state index contributed by atoms with van der Waals surface area (Å²) in [5, 5.41) is 5.06. The number of nitrogens with one attached hydrogen (secondary N) is 1. The minimum Gasteiger partial charge on any atom is -0.484 e. The third kappa shape index (κ3) is 3.61. The van der Waals surface area contributed by atoms with Crippen molar-refractivity contribution >= 4 is 16.7 Å². The van der Waals surface area contributed by atoms with E-state index in [1.807, 2.05) is 54.6 Å². The maximum Gasteiger partial charge on any atom is 0.258 e. The van der Waals surface area contributed by atoms with E-state index in [2.05, 4.69) is 10.3 Å². The molecule has 0 bridgehead atoms. The normalized spacial score (nSPS) is 10.4. The molecule has 0 radical (unpaired) electrons. The van der Waals surface area contributed by atoms with Gasteiger partial charge in [0.05, 0.1) is 0 Å². The highest BCUT2D eigenvalue weighted by atomic mass is 16.5. The molecule has 22 heavy (non-hydrogen) atoms. The molecule has 3 aromatic rings. The number of pyridine rings is 1. The Kier molecular flexibility index (Phi) is 4.30. The minimum atomic E-state index is -0.148. The molecule has 1 amide bonds. The van der Waals surface area contributed by atoms with Crippen molar-refractivity contribution in [1.82, 2.24) is 10.3 Å². The van der Waals surface area contributed by atoms with Crippen LogP contribution in [0.4, 0.5) is 0 Å². The lowest BCUT2D eigenvalue weighted by atomic mass is 10.1. The highest BCUT2D eigenvalue weighted by molar-refractivity contribution is 5.84. The summed E-state index contributed by atoms with van der Waals surface area (Å²) in [6.45, 7) is 0.478. The van der Waals surface area contributed by atoms with Gasteiger partial charge in [0.2, 0.25) is 0 Å².